The zero-order valence-corrected chi connectivity index (χ0v) is 7.10. The number of rotatable bonds is 3. The lowest BCUT2D eigenvalue weighted by atomic mass is 10.2. The van der Waals surface area contributed by atoms with Crippen LogP contribution in [0.15, 0.2) is 24.3 Å². The molecule has 60 valence electrons. The van der Waals surface area contributed by atoms with Gasteiger partial charge in [0, 0.05) is 6.26 Å². The van der Waals surface area contributed by atoms with E-state index in [4.69, 9.17) is 0 Å². The molecular formula is C7H12F2S. The van der Waals surface area contributed by atoms with Gasteiger partial charge in [-0.3, -0.25) is 0 Å². The predicted octanol–water partition coefficient (Wildman–Crippen LogP) is 3.32. The third-order valence-corrected chi connectivity index (χ3v) is 1.89. The van der Waals surface area contributed by atoms with Gasteiger partial charge in [0.15, 0.2) is 0 Å². The molecule has 0 saturated carbocycles. The molecule has 0 aromatic rings. The van der Waals surface area contributed by atoms with E-state index in [1.54, 1.807) is 6.92 Å². The first-order valence-corrected chi connectivity index (χ1v) is 4.83. The second-order valence-electron chi connectivity index (χ2n) is 2.40. The second-order valence-corrected chi connectivity index (χ2v) is 4.44. The van der Waals surface area contributed by atoms with Crippen molar-refractivity contribution in [3.8, 4) is 0 Å². The minimum Gasteiger partial charge on any atom is -0.158 e. The van der Waals surface area contributed by atoms with Gasteiger partial charge >= 0.3 is 0 Å². The summed E-state index contributed by atoms with van der Waals surface area (Å²) in [4.78, 5) is 0. The molecule has 0 saturated heterocycles. The Labute approximate surface area is 62.5 Å². The maximum Gasteiger partial charge on any atom is 0.0585 e. The Hall–Kier alpha value is -0.310. The fourth-order valence-corrected chi connectivity index (χ4v) is 1.29. The molecular weight excluding hydrogens is 154 g/mol. The molecule has 0 heterocycles. The quantitative estimate of drug-likeness (QED) is 0.564. The fourth-order valence-electron chi connectivity index (χ4n) is 0.429. The van der Waals surface area contributed by atoms with Crippen LogP contribution < -0.4 is 0 Å². The van der Waals surface area contributed by atoms with Crippen molar-refractivity contribution in [2.24, 2.45) is 0 Å². The number of allylic oxidation sites excluding steroid dienone is 1. The Morgan fingerprint density at radius 1 is 1.40 bits per heavy atom. The van der Waals surface area contributed by atoms with Crippen LogP contribution in [0, 0.1) is 0 Å². The highest BCUT2D eigenvalue weighted by molar-refractivity contribution is 8.24. The van der Waals surface area contributed by atoms with E-state index in [0.29, 0.717) is 11.1 Å². The molecule has 0 nitrogen and oxygen atoms in total. The van der Waals surface area contributed by atoms with E-state index in [0.717, 1.165) is 6.26 Å². The average molecular weight is 166 g/mol. The Morgan fingerprint density at radius 2 is 1.80 bits per heavy atom. The van der Waals surface area contributed by atoms with Gasteiger partial charge < -0.3 is 0 Å². The summed E-state index contributed by atoms with van der Waals surface area (Å²) in [5.41, 5.74) is 1.11. The van der Waals surface area contributed by atoms with Crippen LogP contribution in [-0.4, -0.2) is 12.0 Å². The molecule has 0 aromatic heterocycles. The smallest absolute Gasteiger partial charge is 0.0585 e. The molecule has 0 N–H and O–H groups in total. The SMILES string of the molecule is C=C(C)C(=C)CS(C)(F)F. The topological polar surface area (TPSA) is 0 Å². The summed E-state index contributed by atoms with van der Waals surface area (Å²) in [6.45, 7) is 8.69. The van der Waals surface area contributed by atoms with E-state index >= 15 is 0 Å². The van der Waals surface area contributed by atoms with Crippen molar-refractivity contribution in [1.82, 2.24) is 0 Å². The monoisotopic (exact) mass is 166 g/mol. The van der Waals surface area contributed by atoms with Crippen molar-refractivity contribution in [3.05, 3.63) is 24.3 Å². The molecule has 0 aliphatic heterocycles. The number of halogens is 2. The Bertz CT molecular complexity index is 155. The molecule has 10 heavy (non-hydrogen) atoms. The normalized spacial score (nSPS) is 12.8. The van der Waals surface area contributed by atoms with Gasteiger partial charge in [0.05, 0.1) is 16.6 Å². The van der Waals surface area contributed by atoms with E-state index in [1.165, 1.54) is 0 Å². The molecule has 0 unspecified atom stereocenters. The Morgan fingerprint density at radius 3 is 1.90 bits per heavy atom. The lowest BCUT2D eigenvalue weighted by molar-refractivity contribution is 0.757. The van der Waals surface area contributed by atoms with E-state index in [-0.39, 0.29) is 5.75 Å². The van der Waals surface area contributed by atoms with Crippen LogP contribution >= 0.6 is 10.8 Å². The number of hydrogen-bond donors (Lipinski definition) is 0. The van der Waals surface area contributed by atoms with Gasteiger partial charge in [-0.2, -0.15) is 7.77 Å². The molecule has 0 rings (SSSR count). The van der Waals surface area contributed by atoms with Crippen molar-refractivity contribution < 1.29 is 7.77 Å². The van der Waals surface area contributed by atoms with Gasteiger partial charge in [-0.1, -0.05) is 18.7 Å². The molecule has 0 spiro atoms. The van der Waals surface area contributed by atoms with E-state index in [9.17, 15) is 7.77 Å². The summed E-state index contributed by atoms with van der Waals surface area (Å²) in [7, 11) is -3.43. The van der Waals surface area contributed by atoms with E-state index in [1.807, 2.05) is 0 Å². The summed E-state index contributed by atoms with van der Waals surface area (Å²) < 4.78 is 24.6. The first-order valence-electron chi connectivity index (χ1n) is 2.82. The highest BCUT2D eigenvalue weighted by Gasteiger charge is 2.15. The van der Waals surface area contributed by atoms with Crippen LogP contribution in [0.1, 0.15) is 6.92 Å². The maximum absolute atomic E-state index is 12.3. The van der Waals surface area contributed by atoms with Crippen LogP contribution in [0.5, 0.6) is 0 Å². The summed E-state index contributed by atoms with van der Waals surface area (Å²) in [6.07, 6.45) is 0.959. The third-order valence-electron chi connectivity index (χ3n) is 1.03. The summed E-state index contributed by atoms with van der Waals surface area (Å²) in [6, 6.07) is 0. The Balaban J connectivity index is 3.93. The highest BCUT2D eigenvalue weighted by Crippen LogP contribution is 2.49. The molecule has 0 amide bonds. The molecule has 0 aliphatic rings. The largest absolute Gasteiger partial charge is 0.158 e. The van der Waals surface area contributed by atoms with Crippen molar-refractivity contribution in [2.75, 3.05) is 12.0 Å². The predicted molar refractivity (Wildman–Crippen MR) is 44.6 cm³/mol. The summed E-state index contributed by atoms with van der Waals surface area (Å²) in [5.74, 6) is -0.206. The minimum atomic E-state index is -3.43. The zero-order valence-electron chi connectivity index (χ0n) is 6.29. The molecule has 3 heteroatoms. The summed E-state index contributed by atoms with van der Waals surface area (Å²) >= 11 is 0. The van der Waals surface area contributed by atoms with Gasteiger partial charge in [0.2, 0.25) is 0 Å². The zero-order chi connectivity index (χ0) is 8.36. The summed E-state index contributed by atoms with van der Waals surface area (Å²) in [5, 5.41) is 0. The van der Waals surface area contributed by atoms with Crippen molar-refractivity contribution in [2.45, 2.75) is 6.92 Å². The highest BCUT2D eigenvalue weighted by atomic mass is 32.3. The fraction of sp³-hybridized carbons (Fsp3) is 0.429. The Kier molecular flexibility index (Phi) is 3.09. The molecule has 0 bridgehead atoms. The van der Waals surface area contributed by atoms with Crippen LogP contribution in [0.4, 0.5) is 7.77 Å². The maximum atomic E-state index is 12.3. The second kappa shape index (κ2) is 3.19. The number of hydrogen-bond acceptors (Lipinski definition) is 0. The first-order chi connectivity index (χ1) is 4.33. The van der Waals surface area contributed by atoms with Gasteiger partial charge in [0.1, 0.15) is 0 Å². The van der Waals surface area contributed by atoms with Crippen LogP contribution in [0.3, 0.4) is 0 Å². The van der Waals surface area contributed by atoms with Crippen molar-refractivity contribution in [3.63, 3.8) is 0 Å². The lowest BCUT2D eigenvalue weighted by Crippen LogP contribution is -1.94. The van der Waals surface area contributed by atoms with Gasteiger partial charge in [0.25, 0.3) is 0 Å². The minimum absolute atomic E-state index is 0.206. The lowest BCUT2D eigenvalue weighted by Gasteiger charge is -2.15. The molecule has 0 fully saturated rings. The molecule has 0 aliphatic carbocycles. The van der Waals surface area contributed by atoms with Gasteiger partial charge in [-0.15, -0.1) is 0 Å². The first kappa shape index (κ1) is 9.69. The molecule has 0 radical (unpaired) electrons. The van der Waals surface area contributed by atoms with Crippen molar-refractivity contribution >= 4 is 10.8 Å². The van der Waals surface area contributed by atoms with E-state index < -0.39 is 10.8 Å². The van der Waals surface area contributed by atoms with Gasteiger partial charge in [-0.05, 0) is 12.5 Å². The van der Waals surface area contributed by atoms with Gasteiger partial charge in [-0.25, -0.2) is 0 Å². The van der Waals surface area contributed by atoms with Crippen LogP contribution in [0.25, 0.3) is 0 Å². The van der Waals surface area contributed by atoms with Crippen LogP contribution in [-0.2, 0) is 0 Å². The van der Waals surface area contributed by atoms with E-state index in [2.05, 4.69) is 13.2 Å². The van der Waals surface area contributed by atoms with Crippen molar-refractivity contribution in [1.29, 1.82) is 0 Å². The molecule has 0 aromatic carbocycles. The van der Waals surface area contributed by atoms with Crippen LogP contribution in [0.2, 0.25) is 0 Å². The third kappa shape index (κ3) is 4.56. The standard InChI is InChI=1S/C7H12F2S/c1-6(2)7(3)5-10(4,8)9/h1,3,5H2,2,4H3. The molecule has 0 atom stereocenters. The average Bonchev–Trinajstić information content (AvgIpc) is 1.60.